The molecule has 3 N–H and O–H groups in total. The van der Waals surface area contributed by atoms with Crippen molar-refractivity contribution in [3.63, 3.8) is 0 Å². The number of benzene rings is 1. The molecule has 0 saturated heterocycles. The molecule has 0 spiro atoms. The average molecular weight is 210 g/mol. The number of anilines is 1. The number of nitroso groups, excluding NO2 is 1. The summed E-state index contributed by atoms with van der Waals surface area (Å²) in [5, 5.41) is 19.6. The van der Waals surface area contributed by atoms with Crippen LogP contribution in [-0.4, -0.2) is 22.2 Å². The van der Waals surface area contributed by atoms with Crippen LogP contribution in [0.4, 0.5) is 5.69 Å². The van der Waals surface area contributed by atoms with Crippen LogP contribution in [0.25, 0.3) is 0 Å². The number of aromatic carboxylic acids is 2. The normalized spacial score (nSPS) is 9.33. The maximum absolute atomic E-state index is 10.6. The highest BCUT2D eigenvalue weighted by Gasteiger charge is 2.11. The van der Waals surface area contributed by atoms with Crippen LogP contribution < -0.4 is 5.43 Å². The predicted molar refractivity (Wildman–Crippen MR) is 49.8 cm³/mol. The second-order valence-electron chi connectivity index (χ2n) is 2.61. The Balaban J connectivity index is 3.25. The van der Waals surface area contributed by atoms with Gasteiger partial charge in [-0.05, 0) is 18.2 Å². The van der Waals surface area contributed by atoms with Crippen LogP contribution in [0.15, 0.2) is 23.5 Å². The van der Waals surface area contributed by atoms with Gasteiger partial charge in [0.1, 0.15) is 0 Å². The van der Waals surface area contributed by atoms with Gasteiger partial charge in [0.25, 0.3) is 0 Å². The summed E-state index contributed by atoms with van der Waals surface area (Å²) >= 11 is 0. The first-order valence-electron chi connectivity index (χ1n) is 3.74. The molecule has 0 bridgehead atoms. The Morgan fingerprint density at radius 1 is 1.07 bits per heavy atom. The van der Waals surface area contributed by atoms with Crippen molar-refractivity contribution in [2.24, 2.45) is 5.29 Å². The number of carbonyl (C=O) groups is 2. The molecule has 0 unspecified atom stereocenters. The van der Waals surface area contributed by atoms with E-state index in [1.165, 1.54) is 0 Å². The third-order valence-corrected chi connectivity index (χ3v) is 1.60. The minimum absolute atomic E-state index is 0.0160. The van der Waals surface area contributed by atoms with Gasteiger partial charge < -0.3 is 10.2 Å². The Hall–Kier alpha value is -2.44. The first-order chi connectivity index (χ1) is 7.04. The van der Waals surface area contributed by atoms with E-state index in [-0.39, 0.29) is 16.8 Å². The van der Waals surface area contributed by atoms with Gasteiger partial charge in [0.15, 0.2) is 0 Å². The zero-order valence-corrected chi connectivity index (χ0v) is 7.30. The molecule has 1 rings (SSSR count). The van der Waals surface area contributed by atoms with E-state index < -0.39 is 11.9 Å². The second kappa shape index (κ2) is 4.18. The number of hydrogen-bond acceptors (Lipinski definition) is 4. The fourth-order valence-corrected chi connectivity index (χ4v) is 0.992. The quantitative estimate of drug-likeness (QED) is 0.507. The van der Waals surface area contributed by atoms with Crippen LogP contribution >= 0.6 is 0 Å². The first kappa shape index (κ1) is 10.6. The van der Waals surface area contributed by atoms with Crippen molar-refractivity contribution in [3.05, 3.63) is 34.2 Å². The van der Waals surface area contributed by atoms with Gasteiger partial charge in [-0.25, -0.2) is 15.0 Å². The van der Waals surface area contributed by atoms with Crippen LogP contribution in [-0.2, 0) is 0 Å². The number of hydrogen-bond donors (Lipinski definition) is 3. The summed E-state index contributed by atoms with van der Waals surface area (Å²) in [5.74, 6) is -2.57. The lowest BCUT2D eigenvalue weighted by atomic mass is 10.1. The molecule has 7 nitrogen and oxygen atoms in total. The van der Waals surface area contributed by atoms with Gasteiger partial charge >= 0.3 is 11.9 Å². The van der Waals surface area contributed by atoms with Crippen molar-refractivity contribution in [3.8, 4) is 0 Å². The second-order valence-corrected chi connectivity index (χ2v) is 2.61. The smallest absolute Gasteiger partial charge is 0.335 e. The molecule has 0 saturated carbocycles. The summed E-state index contributed by atoms with van der Waals surface area (Å²) in [6.45, 7) is 0. The number of carboxylic acid groups (broad SMARTS) is 2. The molecule has 1 aromatic rings. The van der Waals surface area contributed by atoms with Gasteiger partial charge in [0.05, 0.1) is 22.1 Å². The summed E-state index contributed by atoms with van der Waals surface area (Å²) in [6, 6.07) is 3.20. The van der Waals surface area contributed by atoms with Crippen molar-refractivity contribution in [2.45, 2.75) is 0 Å². The Bertz CT molecular complexity index is 397. The van der Waals surface area contributed by atoms with E-state index in [4.69, 9.17) is 10.2 Å². The van der Waals surface area contributed by atoms with E-state index in [1.807, 2.05) is 5.43 Å². The Morgan fingerprint density at radius 3 is 1.87 bits per heavy atom. The Labute approximate surface area is 83.3 Å². The lowest BCUT2D eigenvalue weighted by Gasteiger charge is -2.02. The fourth-order valence-electron chi connectivity index (χ4n) is 0.992. The number of rotatable bonds is 4. The third-order valence-electron chi connectivity index (χ3n) is 1.60. The largest absolute Gasteiger partial charge is 0.478 e. The zero-order valence-electron chi connectivity index (χ0n) is 7.30. The topological polar surface area (TPSA) is 116 Å². The molecule has 0 aliphatic heterocycles. The molecule has 15 heavy (non-hydrogen) atoms. The molecule has 0 aliphatic rings. The lowest BCUT2D eigenvalue weighted by molar-refractivity contribution is 0.0696. The van der Waals surface area contributed by atoms with E-state index >= 15 is 0 Å². The standard InChI is InChI=1S/C8H6N2O5/c11-7(12)4-1-5(8(13)14)3-6(2-4)9-10-15/h1-3H,(H,9,15)(H,11,12)(H,13,14). The van der Waals surface area contributed by atoms with Crippen molar-refractivity contribution in [2.75, 3.05) is 5.43 Å². The minimum atomic E-state index is -1.29. The molecule has 0 aromatic heterocycles. The molecule has 0 radical (unpaired) electrons. The SMILES string of the molecule is O=NNc1cc(C(=O)O)cc(C(=O)O)c1. The first-order valence-corrected chi connectivity index (χ1v) is 3.74. The summed E-state index contributed by atoms with van der Waals surface area (Å²) < 4.78 is 0. The van der Waals surface area contributed by atoms with E-state index in [0.717, 1.165) is 18.2 Å². The van der Waals surface area contributed by atoms with Crippen LogP contribution in [0.1, 0.15) is 20.7 Å². The average Bonchev–Trinajstić information content (AvgIpc) is 2.17. The molecule has 78 valence electrons. The summed E-state index contributed by atoms with van der Waals surface area (Å²) in [4.78, 5) is 31.1. The molecular formula is C8H6N2O5. The van der Waals surface area contributed by atoms with E-state index in [0.29, 0.717) is 0 Å². The maximum Gasteiger partial charge on any atom is 0.335 e. The molecule has 1 aromatic carbocycles. The Kier molecular flexibility index (Phi) is 2.97. The van der Waals surface area contributed by atoms with Crippen LogP contribution in [0.2, 0.25) is 0 Å². The number of nitrogens with one attached hydrogen (secondary N) is 1. The maximum atomic E-state index is 10.6. The summed E-state index contributed by atoms with van der Waals surface area (Å²) in [5.41, 5.74) is 1.49. The molecule has 0 heterocycles. The minimum Gasteiger partial charge on any atom is -0.478 e. The van der Waals surface area contributed by atoms with Gasteiger partial charge in [-0.3, -0.25) is 0 Å². The molecule has 0 fully saturated rings. The molecule has 0 atom stereocenters. The molecule has 7 heteroatoms. The predicted octanol–water partition coefficient (Wildman–Crippen LogP) is 1.18. The van der Waals surface area contributed by atoms with Crippen LogP contribution in [0.3, 0.4) is 0 Å². The van der Waals surface area contributed by atoms with Crippen LogP contribution in [0.5, 0.6) is 0 Å². The van der Waals surface area contributed by atoms with E-state index in [2.05, 4.69) is 5.29 Å². The monoisotopic (exact) mass is 210 g/mol. The summed E-state index contributed by atoms with van der Waals surface area (Å²) in [6.07, 6.45) is 0. The van der Waals surface area contributed by atoms with E-state index in [9.17, 15) is 14.5 Å². The van der Waals surface area contributed by atoms with Crippen LogP contribution in [0, 0.1) is 4.91 Å². The number of carboxylic acids is 2. The molecule has 0 amide bonds. The van der Waals surface area contributed by atoms with Gasteiger partial charge in [-0.2, -0.15) is 0 Å². The van der Waals surface area contributed by atoms with E-state index in [1.54, 1.807) is 0 Å². The molecular weight excluding hydrogens is 204 g/mol. The van der Waals surface area contributed by atoms with Gasteiger partial charge in [0, 0.05) is 0 Å². The molecule has 0 aliphatic carbocycles. The fraction of sp³-hybridized carbons (Fsp3) is 0. The highest BCUT2D eigenvalue weighted by atomic mass is 16.4. The van der Waals surface area contributed by atoms with Crippen molar-refractivity contribution < 1.29 is 19.8 Å². The summed E-state index contributed by atoms with van der Waals surface area (Å²) in [7, 11) is 0. The van der Waals surface area contributed by atoms with Gasteiger partial charge in [-0.1, -0.05) is 0 Å². The number of nitrogens with zero attached hydrogens (tertiary/aromatic N) is 1. The van der Waals surface area contributed by atoms with Crippen molar-refractivity contribution >= 4 is 17.6 Å². The third kappa shape index (κ3) is 2.50. The highest BCUT2D eigenvalue weighted by molar-refractivity contribution is 5.95. The Morgan fingerprint density at radius 2 is 1.53 bits per heavy atom. The van der Waals surface area contributed by atoms with Gasteiger partial charge in [0.2, 0.25) is 0 Å². The lowest BCUT2D eigenvalue weighted by Crippen LogP contribution is -2.03. The van der Waals surface area contributed by atoms with Crippen molar-refractivity contribution in [1.29, 1.82) is 0 Å². The highest BCUT2D eigenvalue weighted by Crippen LogP contribution is 2.15. The van der Waals surface area contributed by atoms with Gasteiger partial charge in [-0.15, -0.1) is 4.91 Å². The zero-order chi connectivity index (χ0) is 11.4. The van der Waals surface area contributed by atoms with Crippen molar-refractivity contribution in [1.82, 2.24) is 0 Å².